The Bertz CT molecular complexity index is 1870. The Morgan fingerprint density at radius 2 is 1.51 bits per heavy atom. The van der Waals surface area contributed by atoms with Gasteiger partial charge in [0.05, 0.1) is 19.7 Å². The smallest absolute Gasteiger partial charge is 0.266 e. The molecule has 13 heteroatoms. The van der Waals surface area contributed by atoms with E-state index in [0.29, 0.717) is 42.0 Å². The Hall–Kier alpha value is -5.84. The van der Waals surface area contributed by atoms with Gasteiger partial charge in [0.15, 0.2) is 11.6 Å². The normalized spacial score (nSPS) is 16.3. The molecule has 0 fully saturated rings. The van der Waals surface area contributed by atoms with Gasteiger partial charge in [-0.05, 0) is 82.4 Å². The molecule has 0 saturated carbocycles. The van der Waals surface area contributed by atoms with E-state index in [4.69, 9.17) is 30.6 Å². The fraction of sp³-hybridized carbons (Fsp3) is 0.316. The number of hydrogen-bond acceptors (Lipinski definition) is 8. The first-order chi connectivity index (χ1) is 25.1. The van der Waals surface area contributed by atoms with Crippen molar-refractivity contribution in [2.24, 2.45) is 15.2 Å². The monoisotopic (exact) mass is 687 g/mol. The second-order valence-electron chi connectivity index (χ2n) is 12.0. The predicted molar refractivity (Wildman–Crippen MR) is 195 cm³/mol. The highest BCUT2D eigenvalue weighted by Gasteiger charge is 2.54. The number of ether oxygens (including phenoxy) is 2. The second kappa shape index (κ2) is 18.8. The quantitative estimate of drug-likeness (QED) is 0.0308. The van der Waals surface area contributed by atoms with Gasteiger partial charge in [0.1, 0.15) is 5.75 Å². The number of azide groups is 2. The zero-order chi connectivity index (χ0) is 35.7. The Balaban J connectivity index is 1.51. The van der Waals surface area contributed by atoms with Crippen LogP contribution in [-0.2, 0) is 35.5 Å². The number of rotatable bonds is 19. The molecular formula is C38H41N9O4. The number of carbonyl (C=O) groups excluding carboxylic acids is 1. The first-order valence-electron chi connectivity index (χ1n) is 16.9. The van der Waals surface area contributed by atoms with Crippen molar-refractivity contribution in [2.45, 2.75) is 56.8 Å². The van der Waals surface area contributed by atoms with Crippen molar-refractivity contribution in [3.8, 4) is 5.75 Å². The number of benzene rings is 4. The molecule has 5 rings (SSSR count). The molecule has 0 aliphatic carbocycles. The third kappa shape index (κ3) is 9.66. The highest BCUT2D eigenvalue weighted by atomic mass is 16.5. The fourth-order valence-electron chi connectivity index (χ4n) is 6.02. The molecule has 2 atom stereocenters. The van der Waals surface area contributed by atoms with Crippen molar-refractivity contribution in [1.82, 2.24) is 10.9 Å². The molecule has 0 bridgehead atoms. The minimum Gasteiger partial charge on any atom is -0.494 e. The van der Waals surface area contributed by atoms with E-state index in [1.54, 1.807) is 12.1 Å². The lowest BCUT2D eigenvalue weighted by atomic mass is 9.80. The number of nitrogens with one attached hydrogen (secondary N) is 2. The molecule has 0 radical (unpaired) electrons. The van der Waals surface area contributed by atoms with E-state index >= 15 is 0 Å². The SMILES string of the molecule is [N-]=[N+]=NCc1ccccc1C[C@]1(C(=O)NNCCCCc2ccccc2)N=C(c2ccc(OCCCO)cc2)O[C@H]1c1ccccc1CN=[N+]=[N-]. The second-order valence-corrected chi connectivity index (χ2v) is 12.0. The van der Waals surface area contributed by atoms with E-state index < -0.39 is 17.6 Å². The van der Waals surface area contributed by atoms with Crippen molar-refractivity contribution < 1.29 is 19.4 Å². The Morgan fingerprint density at radius 3 is 2.24 bits per heavy atom. The molecule has 1 amide bonds. The summed E-state index contributed by atoms with van der Waals surface area (Å²) >= 11 is 0. The molecule has 13 nitrogen and oxygen atoms in total. The van der Waals surface area contributed by atoms with E-state index in [1.165, 1.54) is 5.56 Å². The summed E-state index contributed by atoms with van der Waals surface area (Å²) in [5.74, 6) is 0.465. The molecule has 3 N–H and O–H groups in total. The number of unbranched alkanes of at least 4 members (excludes halogenated alkanes) is 1. The number of aryl methyl sites for hydroxylation is 1. The van der Waals surface area contributed by atoms with Gasteiger partial charge in [-0.2, -0.15) is 0 Å². The fourth-order valence-corrected chi connectivity index (χ4v) is 6.02. The Morgan fingerprint density at radius 1 is 0.843 bits per heavy atom. The molecule has 4 aromatic rings. The maximum absolute atomic E-state index is 14.7. The molecular weight excluding hydrogens is 646 g/mol. The average molecular weight is 688 g/mol. The summed E-state index contributed by atoms with van der Waals surface area (Å²) in [4.78, 5) is 25.7. The summed E-state index contributed by atoms with van der Waals surface area (Å²) < 4.78 is 12.4. The van der Waals surface area contributed by atoms with Gasteiger partial charge in [0.2, 0.25) is 5.90 Å². The zero-order valence-corrected chi connectivity index (χ0v) is 28.3. The van der Waals surface area contributed by atoms with Crippen LogP contribution in [0.1, 0.15) is 58.7 Å². The van der Waals surface area contributed by atoms with Crippen molar-refractivity contribution in [3.63, 3.8) is 0 Å². The number of hydrazine groups is 1. The first-order valence-corrected chi connectivity index (χ1v) is 16.9. The van der Waals surface area contributed by atoms with Crippen LogP contribution in [-0.4, -0.2) is 42.2 Å². The standard InChI is InChI=1S/C38H41N9O4/c39-46-42-26-31-15-5-4-14-30(31)25-38(37(49)45-41-22-9-8-13-28-11-2-1-3-12-28)35(34-17-7-6-16-32(34)27-43-47-40)51-36(44-38)29-18-20-33(21-19-29)50-24-10-23-48/h1-7,11-12,14-21,35,41,48H,8-10,13,22-27H2,(H,45,49)/t35-,38-/m0/s1. The van der Waals surface area contributed by atoms with Crippen LogP contribution in [0.2, 0.25) is 0 Å². The van der Waals surface area contributed by atoms with Gasteiger partial charge in [0, 0.05) is 41.4 Å². The summed E-state index contributed by atoms with van der Waals surface area (Å²) in [7, 11) is 0. The molecule has 0 spiro atoms. The van der Waals surface area contributed by atoms with Crippen molar-refractivity contribution in [3.05, 3.63) is 157 Å². The first kappa shape index (κ1) is 36.4. The van der Waals surface area contributed by atoms with Crippen LogP contribution >= 0.6 is 0 Å². The number of carbonyl (C=O) groups is 1. The molecule has 1 aliphatic rings. The largest absolute Gasteiger partial charge is 0.494 e. The number of aliphatic hydroxyl groups is 1. The highest BCUT2D eigenvalue weighted by molar-refractivity contribution is 6.01. The minimum absolute atomic E-state index is 0.0317. The van der Waals surface area contributed by atoms with E-state index in [-0.39, 0.29) is 32.0 Å². The number of hydrogen-bond donors (Lipinski definition) is 3. The third-order valence-corrected chi connectivity index (χ3v) is 8.62. The lowest BCUT2D eigenvalue weighted by Gasteiger charge is -2.32. The van der Waals surface area contributed by atoms with Crippen LogP contribution in [0, 0.1) is 0 Å². The Kier molecular flexibility index (Phi) is 13.4. The van der Waals surface area contributed by atoms with Gasteiger partial charge in [-0.3, -0.25) is 10.2 Å². The lowest BCUT2D eigenvalue weighted by molar-refractivity contribution is -0.130. The van der Waals surface area contributed by atoms with Crippen molar-refractivity contribution in [1.29, 1.82) is 0 Å². The summed E-state index contributed by atoms with van der Waals surface area (Å²) in [5, 5.41) is 16.7. The van der Waals surface area contributed by atoms with Gasteiger partial charge in [-0.25, -0.2) is 10.4 Å². The maximum Gasteiger partial charge on any atom is 0.266 e. The van der Waals surface area contributed by atoms with Crippen LogP contribution in [0.3, 0.4) is 0 Å². The van der Waals surface area contributed by atoms with E-state index in [2.05, 4.69) is 43.0 Å². The molecule has 0 aromatic heterocycles. The third-order valence-electron chi connectivity index (χ3n) is 8.62. The van der Waals surface area contributed by atoms with Gasteiger partial charge in [-0.1, -0.05) is 89.1 Å². The van der Waals surface area contributed by atoms with Crippen molar-refractivity contribution in [2.75, 3.05) is 19.8 Å². The molecule has 0 unspecified atom stereocenters. The highest BCUT2D eigenvalue weighted by Crippen LogP contribution is 2.44. The molecule has 1 heterocycles. The average Bonchev–Trinajstić information content (AvgIpc) is 3.56. The van der Waals surface area contributed by atoms with Crippen LogP contribution in [0.15, 0.2) is 118 Å². The topological polar surface area (TPSA) is 190 Å². The minimum atomic E-state index is -1.54. The van der Waals surface area contributed by atoms with Gasteiger partial charge >= 0.3 is 0 Å². The zero-order valence-electron chi connectivity index (χ0n) is 28.3. The van der Waals surface area contributed by atoms with E-state index in [9.17, 15) is 4.79 Å². The predicted octanol–water partition coefficient (Wildman–Crippen LogP) is 7.21. The van der Waals surface area contributed by atoms with Gasteiger partial charge < -0.3 is 14.6 Å². The van der Waals surface area contributed by atoms with Crippen LogP contribution in [0.4, 0.5) is 0 Å². The van der Waals surface area contributed by atoms with Gasteiger partial charge in [0.25, 0.3) is 5.91 Å². The summed E-state index contributed by atoms with van der Waals surface area (Å²) in [6, 6.07) is 32.3. The molecule has 4 aromatic carbocycles. The van der Waals surface area contributed by atoms with E-state index in [0.717, 1.165) is 30.4 Å². The summed E-state index contributed by atoms with van der Waals surface area (Å²) in [6.45, 7) is 1.08. The van der Waals surface area contributed by atoms with Crippen LogP contribution in [0.25, 0.3) is 20.9 Å². The van der Waals surface area contributed by atoms with E-state index in [1.807, 2.05) is 78.9 Å². The lowest BCUT2D eigenvalue weighted by Crippen LogP contribution is -2.54. The number of amides is 1. The van der Waals surface area contributed by atoms with Gasteiger partial charge in [-0.15, -0.1) is 0 Å². The summed E-state index contributed by atoms with van der Waals surface area (Å²) in [5.41, 5.74) is 27.5. The number of aliphatic hydroxyl groups excluding tert-OH is 1. The molecule has 51 heavy (non-hydrogen) atoms. The van der Waals surface area contributed by atoms with Crippen molar-refractivity contribution >= 4 is 11.8 Å². The number of nitrogens with zero attached hydrogens (tertiary/aromatic N) is 7. The van der Waals surface area contributed by atoms with Crippen LogP contribution in [0.5, 0.6) is 5.75 Å². The Labute approximate surface area is 296 Å². The summed E-state index contributed by atoms with van der Waals surface area (Å²) in [6.07, 6.45) is 2.38. The van der Waals surface area contributed by atoms with Crippen LogP contribution < -0.4 is 15.6 Å². The molecule has 0 saturated heterocycles. The molecule has 1 aliphatic heterocycles. The maximum atomic E-state index is 14.7. The molecule has 262 valence electrons. The number of aliphatic imine (C=N–C) groups is 1.